The fourth-order valence-corrected chi connectivity index (χ4v) is 2.63. The summed E-state index contributed by atoms with van der Waals surface area (Å²) in [6.45, 7) is 7.12. The minimum Gasteiger partial charge on any atom is -0.493 e. The van der Waals surface area contributed by atoms with Gasteiger partial charge in [-0.2, -0.15) is 5.10 Å². The van der Waals surface area contributed by atoms with Crippen LogP contribution in [-0.2, 0) is 13.5 Å². The molecule has 1 aromatic carbocycles. The number of aryl methyl sites for hydroxylation is 2. The van der Waals surface area contributed by atoms with Gasteiger partial charge in [0.15, 0.2) is 11.5 Å². The van der Waals surface area contributed by atoms with E-state index in [1.807, 2.05) is 30.1 Å². The number of unbranched alkanes of at least 4 members (excludes halogenated alkanes) is 1. The summed E-state index contributed by atoms with van der Waals surface area (Å²) < 4.78 is 13.1. The third-order valence-corrected chi connectivity index (χ3v) is 4.06. The van der Waals surface area contributed by atoms with Crippen molar-refractivity contribution in [2.45, 2.75) is 46.1 Å². The first-order valence-electron chi connectivity index (χ1n) is 8.68. The summed E-state index contributed by atoms with van der Waals surface area (Å²) in [6, 6.07) is 6.27. The molecule has 0 radical (unpaired) electrons. The lowest BCUT2D eigenvalue weighted by atomic mass is 10.1. The highest BCUT2D eigenvalue weighted by molar-refractivity contribution is 5.50. The van der Waals surface area contributed by atoms with Gasteiger partial charge in [0.2, 0.25) is 0 Å². The summed E-state index contributed by atoms with van der Waals surface area (Å²) in [6.07, 6.45) is 5.09. The van der Waals surface area contributed by atoms with Crippen molar-refractivity contribution >= 4 is 5.69 Å². The fourth-order valence-electron chi connectivity index (χ4n) is 2.63. The van der Waals surface area contributed by atoms with Crippen LogP contribution < -0.4 is 14.8 Å². The molecule has 1 unspecified atom stereocenters. The van der Waals surface area contributed by atoms with E-state index >= 15 is 0 Å². The lowest BCUT2D eigenvalue weighted by molar-refractivity contribution is 0.288. The molecule has 1 atom stereocenters. The molecule has 1 aromatic heterocycles. The molecule has 2 aromatic rings. The predicted molar refractivity (Wildman–Crippen MR) is 98.0 cm³/mol. The molecule has 2 rings (SSSR count). The number of rotatable bonds is 9. The summed E-state index contributed by atoms with van der Waals surface area (Å²) in [7, 11) is 3.63. The number of aromatic nitrogens is 2. The van der Waals surface area contributed by atoms with Gasteiger partial charge in [-0.15, -0.1) is 0 Å². The minimum absolute atomic E-state index is 0.151. The van der Waals surface area contributed by atoms with Crippen LogP contribution in [0.1, 0.15) is 50.9 Å². The second-order valence-electron chi connectivity index (χ2n) is 6.00. The third kappa shape index (κ3) is 4.43. The molecule has 0 aliphatic rings. The van der Waals surface area contributed by atoms with Crippen LogP contribution in [0, 0.1) is 0 Å². The van der Waals surface area contributed by atoms with E-state index in [-0.39, 0.29) is 6.04 Å². The predicted octanol–water partition coefficient (Wildman–Crippen LogP) is 4.34. The van der Waals surface area contributed by atoms with Gasteiger partial charge >= 0.3 is 0 Å². The molecule has 132 valence electrons. The molecule has 1 N–H and O–H groups in total. The van der Waals surface area contributed by atoms with Crippen molar-refractivity contribution in [2.24, 2.45) is 7.05 Å². The molecule has 0 aliphatic heterocycles. The smallest absolute Gasteiger partial charge is 0.161 e. The Kier molecular flexibility index (Phi) is 6.53. The van der Waals surface area contributed by atoms with Gasteiger partial charge < -0.3 is 14.8 Å². The summed E-state index contributed by atoms with van der Waals surface area (Å²) >= 11 is 0. The normalized spacial score (nSPS) is 12.0. The first-order valence-corrected chi connectivity index (χ1v) is 8.68. The zero-order valence-electron chi connectivity index (χ0n) is 15.4. The standard InChI is InChI=1S/C19H29N3O2/c1-6-8-11-24-18-10-9-15(12-19(18)23-5)14(3)20-17-13-22(4)21-16(17)7-2/h9-10,12-14,20H,6-8,11H2,1-5H3. The summed E-state index contributed by atoms with van der Waals surface area (Å²) in [5.74, 6) is 1.58. The van der Waals surface area contributed by atoms with E-state index < -0.39 is 0 Å². The lowest BCUT2D eigenvalue weighted by Gasteiger charge is -2.18. The van der Waals surface area contributed by atoms with Gasteiger partial charge in [0, 0.05) is 19.3 Å². The van der Waals surface area contributed by atoms with Crippen LogP contribution in [-0.4, -0.2) is 23.5 Å². The highest BCUT2D eigenvalue weighted by atomic mass is 16.5. The van der Waals surface area contributed by atoms with Crippen LogP contribution in [0.5, 0.6) is 11.5 Å². The van der Waals surface area contributed by atoms with Gasteiger partial charge in [-0.1, -0.05) is 26.3 Å². The van der Waals surface area contributed by atoms with Crippen molar-refractivity contribution in [1.82, 2.24) is 9.78 Å². The van der Waals surface area contributed by atoms with Gasteiger partial charge in [0.05, 0.1) is 25.1 Å². The second kappa shape index (κ2) is 8.62. The van der Waals surface area contributed by atoms with Crippen molar-refractivity contribution in [2.75, 3.05) is 19.0 Å². The molecule has 0 fully saturated rings. The van der Waals surface area contributed by atoms with Crippen molar-refractivity contribution < 1.29 is 9.47 Å². The van der Waals surface area contributed by atoms with E-state index in [2.05, 4.69) is 37.3 Å². The van der Waals surface area contributed by atoms with Crippen molar-refractivity contribution in [3.05, 3.63) is 35.7 Å². The van der Waals surface area contributed by atoms with Gasteiger partial charge in [-0.25, -0.2) is 0 Å². The minimum atomic E-state index is 0.151. The van der Waals surface area contributed by atoms with Gasteiger partial charge in [-0.05, 0) is 37.5 Å². The highest BCUT2D eigenvalue weighted by Gasteiger charge is 2.13. The number of anilines is 1. The Labute approximate surface area is 145 Å². The van der Waals surface area contributed by atoms with Crippen LogP contribution in [0.4, 0.5) is 5.69 Å². The Balaban J connectivity index is 2.12. The van der Waals surface area contributed by atoms with Crippen LogP contribution in [0.3, 0.4) is 0 Å². The summed E-state index contributed by atoms with van der Waals surface area (Å²) in [4.78, 5) is 0. The van der Waals surface area contributed by atoms with Crippen molar-refractivity contribution in [1.29, 1.82) is 0 Å². The molecule has 0 bridgehead atoms. The van der Waals surface area contributed by atoms with Crippen molar-refractivity contribution in [3.63, 3.8) is 0 Å². The first kappa shape index (κ1) is 18.2. The van der Waals surface area contributed by atoms with Crippen LogP contribution in [0.15, 0.2) is 24.4 Å². The van der Waals surface area contributed by atoms with E-state index in [0.717, 1.165) is 54.3 Å². The Morgan fingerprint density at radius 3 is 2.71 bits per heavy atom. The monoisotopic (exact) mass is 331 g/mol. The summed E-state index contributed by atoms with van der Waals surface area (Å²) in [5, 5.41) is 8.02. The fraction of sp³-hybridized carbons (Fsp3) is 0.526. The van der Waals surface area contributed by atoms with Gasteiger partial charge in [0.25, 0.3) is 0 Å². The molecular weight excluding hydrogens is 302 g/mol. The number of hydrogen-bond donors (Lipinski definition) is 1. The zero-order valence-corrected chi connectivity index (χ0v) is 15.4. The van der Waals surface area contributed by atoms with E-state index in [0.29, 0.717) is 0 Å². The zero-order chi connectivity index (χ0) is 17.5. The molecule has 24 heavy (non-hydrogen) atoms. The van der Waals surface area contributed by atoms with Gasteiger partial charge in [0.1, 0.15) is 0 Å². The SMILES string of the molecule is CCCCOc1ccc(C(C)Nc2cn(C)nc2CC)cc1OC. The number of ether oxygens (including phenoxy) is 2. The molecule has 0 saturated carbocycles. The average Bonchev–Trinajstić information content (AvgIpc) is 2.94. The molecule has 0 amide bonds. The van der Waals surface area contributed by atoms with Crippen LogP contribution >= 0.6 is 0 Å². The maximum Gasteiger partial charge on any atom is 0.161 e. The number of nitrogens with zero attached hydrogens (tertiary/aromatic N) is 2. The second-order valence-corrected chi connectivity index (χ2v) is 6.00. The molecule has 5 heteroatoms. The average molecular weight is 331 g/mol. The van der Waals surface area contributed by atoms with Gasteiger partial charge in [-0.3, -0.25) is 4.68 Å². The van der Waals surface area contributed by atoms with Crippen molar-refractivity contribution in [3.8, 4) is 11.5 Å². The Hall–Kier alpha value is -2.17. The van der Waals surface area contributed by atoms with Crippen LogP contribution in [0.2, 0.25) is 0 Å². The third-order valence-electron chi connectivity index (χ3n) is 4.06. The molecule has 0 saturated heterocycles. The number of methoxy groups -OCH3 is 1. The van der Waals surface area contributed by atoms with E-state index in [1.54, 1.807) is 7.11 Å². The van der Waals surface area contributed by atoms with E-state index in [1.165, 1.54) is 0 Å². The quantitative estimate of drug-likeness (QED) is 0.694. The Bertz CT molecular complexity index is 652. The largest absolute Gasteiger partial charge is 0.493 e. The number of nitrogens with one attached hydrogen (secondary N) is 1. The maximum atomic E-state index is 5.80. The van der Waals surface area contributed by atoms with Crippen LogP contribution in [0.25, 0.3) is 0 Å². The Morgan fingerprint density at radius 1 is 1.25 bits per heavy atom. The number of benzene rings is 1. The lowest BCUT2D eigenvalue weighted by Crippen LogP contribution is -2.08. The molecular formula is C19H29N3O2. The molecule has 0 aliphatic carbocycles. The van der Waals surface area contributed by atoms with E-state index in [9.17, 15) is 0 Å². The first-order chi connectivity index (χ1) is 11.6. The number of hydrogen-bond acceptors (Lipinski definition) is 4. The maximum absolute atomic E-state index is 5.80. The molecule has 5 nitrogen and oxygen atoms in total. The Morgan fingerprint density at radius 2 is 2.04 bits per heavy atom. The highest BCUT2D eigenvalue weighted by Crippen LogP contribution is 2.32. The topological polar surface area (TPSA) is 48.3 Å². The summed E-state index contributed by atoms with van der Waals surface area (Å²) in [5.41, 5.74) is 3.31. The molecule has 0 spiro atoms. The van der Waals surface area contributed by atoms with E-state index in [4.69, 9.17) is 9.47 Å². The molecule has 1 heterocycles.